The van der Waals surface area contributed by atoms with Crippen molar-refractivity contribution >= 4 is 37.4 Å². The average Bonchev–Trinajstić information content (AvgIpc) is 2.77. The first-order valence-corrected chi connectivity index (χ1v) is 10.8. The third-order valence-electron chi connectivity index (χ3n) is 4.10. The van der Waals surface area contributed by atoms with E-state index in [2.05, 4.69) is 58.8 Å². The van der Waals surface area contributed by atoms with Gasteiger partial charge in [0.05, 0.1) is 0 Å². The zero-order valence-corrected chi connectivity index (χ0v) is 17.8. The number of hydrogen-bond donors (Lipinski definition) is 2. The number of nitrogens with zero attached hydrogens (tertiary/aromatic N) is 2. The van der Waals surface area contributed by atoms with Crippen molar-refractivity contribution in [2.45, 2.75) is 18.7 Å². The smallest absolute Gasteiger partial charge is 0.296 e. The molecule has 4 aromatic rings. The Balaban J connectivity index is 0.000000224. The number of azo groups is 1. The summed E-state index contributed by atoms with van der Waals surface area (Å²) in [5.74, 6) is -0.327. The molecule has 0 fully saturated rings. The Morgan fingerprint density at radius 2 is 1.20 bits per heavy atom. The summed E-state index contributed by atoms with van der Waals surface area (Å²) in [4.78, 5) is -0.468. The molecular formula is C23H24N2O4S. The molecule has 0 amide bonds. The first-order valence-electron chi connectivity index (χ1n) is 9.37. The Morgan fingerprint density at radius 3 is 1.63 bits per heavy atom. The van der Waals surface area contributed by atoms with Gasteiger partial charge < -0.3 is 5.11 Å². The lowest BCUT2D eigenvalue weighted by Gasteiger charge is -2.07. The van der Waals surface area contributed by atoms with Gasteiger partial charge in [-0.15, -0.1) is 0 Å². The third kappa shape index (κ3) is 5.40. The fourth-order valence-corrected chi connectivity index (χ4v) is 3.48. The SMILES string of the molecule is CC.CN=Nc1c(S(=O)(=O)O)cc2ccccc2c1O.c1ccc2ccccc2c1. The number of phenolic OH excluding ortho intramolecular Hbond substituents is 1. The lowest BCUT2D eigenvalue weighted by Crippen LogP contribution is -1.99. The quantitative estimate of drug-likeness (QED) is 0.288. The highest BCUT2D eigenvalue weighted by atomic mass is 32.2. The van der Waals surface area contributed by atoms with Gasteiger partial charge in [-0.05, 0) is 22.2 Å². The summed E-state index contributed by atoms with van der Waals surface area (Å²) >= 11 is 0. The van der Waals surface area contributed by atoms with Gasteiger partial charge in [0.2, 0.25) is 0 Å². The van der Waals surface area contributed by atoms with Crippen LogP contribution in [0.2, 0.25) is 0 Å². The van der Waals surface area contributed by atoms with Crippen LogP contribution in [0.4, 0.5) is 5.69 Å². The van der Waals surface area contributed by atoms with Crippen LogP contribution in [0.3, 0.4) is 0 Å². The standard InChI is InChI=1S/C11H10N2O4S.C10H8.C2H6/c1-12-13-10-9(18(15,16)17)6-7-4-2-3-5-8(7)11(10)14;1-2-6-10-8-4-3-7-9(10)5-1;1-2/h2-6,14H,1H3,(H,15,16,17);1-8H;1-2H3. The van der Waals surface area contributed by atoms with E-state index in [1.54, 1.807) is 24.3 Å². The van der Waals surface area contributed by atoms with E-state index in [1.807, 2.05) is 13.8 Å². The minimum Gasteiger partial charge on any atom is -0.505 e. The number of fused-ring (bicyclic) bond motifs is 2. The van der Waals surface area contributed by atoms with Crippen LogP contribution in [0.1, 0.15) is 13.8 Å². The van der Waals surface area contributed by atoms with E-state index in [1.165, 1.54) is 23.9 Å². The molecule has 4 aromatic carbocycles. The molecule has 0 saturated heterocycles. The maximum atomic E-state index is 11.3. The minimum atomic E-state index is -4.48. The number of rotatable bonds is 2. The predicted molar refractivity (Wildman–Crippen MR) is 121 cm³/mol. The van der Waals surface area contributed by atoms with Gasteiger partial charge in [0, 0.05) is 12.4 Å². The average molecular weight is 425 g/mol. The number of benzene rings is 4. The lowest BCUT2D eigenvalue weighted by atomic mass is 10.1. The second-order valence-electron chi connectivity index (χ2n) is 5.92. The van der Waals surface area contributed by atoms with Crippen LogP contribution in [0.5, 0.6) is 5.75 Å². The summed E-state index contributed by atoms with van der Waals surface area (Å²) in [6.07, 6.45) is 0. The second-order valence-corrected chi connectivity index (χ2v) is 7.31. The first kappa shape index (κ1) is 23.0. The molecule has 0 aromatic heterocycles. The van der Waals surface area contributed by atoms with Crippen molar-refractivity contribution in [3.05, 3.63) is 78.9 Å². The van der Waals surface area contributed by atoms with E-state index in [9.17, 15) is 13.5 Å². The van der Waals surface area contributed by atoms with Crippen LogP contribution in [0.15, 0.2) is 94.0 Å². The van der Waals surface area contributed by atoms with Gasteiger partial charge in [0.25, 0.3) is 10.1 Å². The highest BCUT2D eigenvalue weighted by Crippen LogP contribution is 2.40. The van der Waals surface area contributed by atoms with Crippen molar-refractivity contribution in [1.82, 2.24) is 0 Å². The van der Waals surface area contributed by atoms with E-state index >= 15 is 0 Å². The van der Waals surface area contributed by atoms with Gasteiger partial charge in [-0.25, -0.2) is 0 Å². The van der Waals surface area contributed by atoms with Crippen molar-refractivity contribution in [2.24, 2.45) is 10.2 Å². The summed E-state index contributed by atoms with van der Waals surface area (Å²) in [5, 5.41) is 20.5. The summed E-state index contributed by atoms with van der Waals surface area (Å²) < 4.78 is 31.7. The van der Waals surface area contributed by atoms with Crippen molar-refractivity contribution < 1.29 is 18.1 Å². The normalized spacial score (nSPS) is 10.9. The largest absolute Gasteiger partial charge is 0.505 e. The Labute approximate surface area is 176 Å². The summed E-state index contributed by atoms with van der Waals surface area (Å²) in [5.41, 5.74) is -0.265. The zero-order chi connectivity index (χ0) is 22.1. The molecule has 0 aliphatic carbocycles. The molecule has 4 rings (SSSR count). The van der Waals surface area contributed by atoms with Crippen LogP contribution in [-0.2, 0) is 10.1 Å². The molecule has 156 valence electrons. The number of hydrogen-bond acceptors (Lipinski definition) is 5. The van der Waals surface area contributed by atoms with E-state index in [4.69, 9.17) is 4.55 Å². The van der Waals surface area contributed by atoms with Gasteiger partial charge in [-0.1, -0.05) is 86.6 Å². The molecule has 0 atom stereocenters. The molecule has 7 heteroatoms. The molecule has 6 nitrogen and oxygen atoms in total. The Bertz CT molecular complexity index is 1200. The van der Waals surface area contributed by atoms with E-state index < -0.39 is 15.0 Å². The maximum Gasteiger partial charge on any atom is 0.296 e. The molecule has 0 aliphatic heterocycles. The van der Waals surface area contributed by atoms with Crippen molar-refractivity contribution in [1.29, 1.82) is 0 Å². The molecule has 0 aliphatic rings. The third-order valence-corrected chi connectivity index (χ3v) is 4.96. The van der Waals surface area contributed by atoms with Crippen molar-refractivity contribution in [2.75, 3.05) is 7.05 Å². The lowest BCUT2D eigenvalue weighted by molar-refractivity contribution is 0.472. The van der Waals surface area contributed by atoms with Crippen molar-refractivity contribution in [3.63, 3.8) is 0 Å². The first-order chi connectivity index (χ1) is 14.4. The van der Waals surface area contributed by atoms with Crippen LogP contribution >= 0.6 is 0 Å². The topological polar surface area (TPSA) is 99.3 Å². The van der Waals surface area contributed by atoms with Gasteiger partial charge in [0.1, 0.15) is 10.6 Å². The van der Waals surface area contributed by atoms with E-state index in [-0.39, 0.29) is 11.4 Å². The number of phenols is 1. The van der Waals surface area contributed by atoms with E-state index in [0.717, 1.165) is 0 Å². The fraction of sp³-hybridized carbons (Fsp3) is 0.130. The van der Waals surface area contributed by atoms with Crippen LogP contribution in [-0.4, -0.2) is 25.1 Å². The summed E-state index contributed by atoms with van der Waals surface area (Å²) in [7, 11) is -3.15. The molecule has 0 bridgehead atoms. The fourth-order valence-electron chi connectivity index (χ4n) is 2.82. The molecule has 0 spiro atoms. The highest BCUT2D eigenvalue weighted by Gasteiger charge is 2.21. The molecular weight excluding hydrogens is 400 g/mol. The molecule has 0 saturated carbocycles. The van der Waals surface area contributed by atoms with Gasteiger partial charge in [-0.2, -0.15) is 18.6 Å². The predicted octanol–water partition coefficient (Wildman–Crippen LogP) is 6.37. The maximum absolute atomic E-state index is 11.3. The van der Waals surface area contributed by atoms with E-state index in [0.29, 0.717) is 10.8 Å². The van der Waals surface area contributed by atoms with Gasteiger partial charge >= 0.3 is 0 Å². The Hall–Kier alpha value is -3.29. The number of aromatic hydroxyl groups is 1. The Morgan fingerprint density at radius 1 is 0.767 bits per heavy atom. The van der Waals surface area contributed by atoms with Crippen LogP contribution < -0.4 is 0 Å². The van der Waals surface area contributed by atoms with Crippen molar-refractivity contribution in [3.8, 4) is 5.75 Å². The summed E-state index contributed by atoms with van der Waals surface area (Å²) in [6.45, 7) is 4.00. The molecule has 0 radical (unpaired) electrons. The van der Waals surface area contributed by atoms with Gasteiger partial charge in [0.15, 0.2) is 5.75 Å². The van der Waals surface area contributed by atoms with Gasteiger partial charge in [-0.3, -0.25) is 4.55 Å². The van der Waals surface area contributed by atoms with Crippen LogP contribution in [0, 0.1) is 0 Å². The zero-order valence-electron chi connectivity index (χ0n) is 17.0. The molecule has 2 N–H and O–H groups in total. The molecule has 0 unspecified atom stereocenters. The van der Waals surface area contributed by atoms with Crippen LogP contribution in [0.25, 0.3) is 21.5 Å². The second kappa shape index (κ2) is 10.5. The monoisotopic (exact) mass is 424 g/mol. The highest BCUT2D eigenvalue weighted by molar-refractivity contribution is 7.86. The summed E-state index contributed by atoms with van der Waals surface area (Å²) in [6, 6.07) is 24.6. The Kier molecular flexibility index (Phi) is 8.03. The minimum absolute atomic E-state index is 0.265. The molecule has 0 heterocycles. The molecule has 30 heavy (non-hydrogen) atoms.